The number of halogens is 2. The van der Waals surface area contributed by atoms with Gasteiger partial charge in [-0.25, -0.2) is 13.8 Å². The van der Waals surface area contributed by atoms with Gasteiger partial charge in [-0.1, -0.05) is 0 Å². The highest BCUT2D eigenvalue weighted by Gasteiger charge is 2.14. The van der Waals surface area contributed by atoms with Gasteiger partial charge in [-0.15, -0.1) is 0 Å². The molecule has 4 aromatic rings. The summed E-state index contributed by atoms with van der Waals surface area (Å²) in [5.41, 5.74) is 0.276. The summed E-state index contributed by atoms with van der Waals surface area (Å²) in [7, 11) is 0. The van der Waals surface area contributed by atoms with Gasteiger partial charge in [-0.3, -0.25) is 4.79 Å². The summed E-state index contributed by atoms with van der Waals surface area (Å²) in [6, 6.07) is 7.52. The van der Waals surface area contributed by atoms with E-state index in [1.54, 1.807) is 6.20 Å². The molecule has 0 fully saturated rings. The molecule has 0 unspecified atom stereocenters. The molecule has 0 aliphatic rings. The number of benzene rings is 2. The van der Waals surface area contributed by atoms with Crippen LogP contribution in [-0.4, -0.2) is 19.2 Å². The molecule has 4 rings (SSSR count). The number of phenolic OH excluding ortho intramolecular Hbond substituents is 1. The highest BCUT2D eigenvalue weighted by atomic mass is 19.1. The van der Waals surface area contributed by atoms with Gasteiger partial charge in [0.1, 0.15) is 11.6 Å². The largest absolute Gasteiger partial charge is 0.508 e. The quantitative estimate of drug-likeness (QED) is 0.610. The molecule has 0 atom stereocenters. The lowest BCUT2D eigenvalue weighted by Crippen LogP contribution is -2.09. The Kier molecular flexibility index (Phi) is 3.35. The van der Waals surface area contributed by atoms with Crippen LogP contribution in [0.5, 0.6) is 5.75 Å². The Hall–Kier alpha value is -3.48. The van der Waals surface area contributed by atoms with Crippen LogP contribution in [0, 0.1) is 11.6 Å². The summed E-state index contributed by atoms with van der Waals surface area (Å²) < 4.78 is 31.6. The van der Waals surface area contributed by atoms with E-state index < -0.39 is 11.6 Å². The molecule has 0 saturated carbocycles. The molecule has 2 heterocycles. The maximum Gasteiger partial charge on any atom is 0.189 e. The van der Waals surface area contributed by atoms with E-state index in [0.29, 0.717) is 5.52 Å². The molecule has 0 bridgehead atoms. The first-order chi connectivity index (χ1) is 12.0. The number of phenols is 1. The number of aromatic nitrogens is 3. The Morgan fingerprint density at radius 1 is 0.960 bits per heavy atom. The molecule has 1 N–H and O–H groups in total. The number of hydrogen-bond acceptors (Lipinski definition) is 3. The minimum absolute atomic E-state index is 0.122. The molecular weight excluding hydrogens is 328 g/mol. The van der Waals surface area contributed by atoms with Crippen LogP contribution in [-0.2, 0) is 0 Å². The SMILES string of the molecule is O=c1ccn(-c2ccc(O)cc2F)c2cc(-n3ccnc3)c(F)cc12. The van der Waals surface area contributed by atoms with Crippen LogP contribution in [0.1, 0.15) is 0 Å². The topological polar surface area (TPSA) is 60.1 Å². The van der Waals surface area contributed by atoms with Crippen molar-refractivity contribution in [1.29, 1.82) is 0 Å². The van der Waals surface area contributed by atoms with E-state index in [0.717, 1.165) is 12.1 Å². The van der Waals surface area contributed by atoms with Crippen LogP contribution >= 0.6 is 0 Å². The summed E-state index contributed by atoms with van der Waals surface area (Å²) in [4.78, 5) is 16.0. The maximum absolute atomic E-state index is 14.4. The predicted octanol–water partition coefficient (Wildman–Crippen LogP) is 3.16. The lowest BCUT2D eigenvalue weighted by molar-refractivity contribution is 0.468. The first-order valence-corrected chi connectivity index (χ1v) is 7.37. The number of fused-ring (bicyclic) bond motifs is 1. The van der Waals surface area contributed by atoms with E-state index in [2.05, 4.69) is 4.98 Å². The Labute approximate surface area is 140 Å². The Balaban J connectivity index is 2.07. The van der Waals surface area contributed by atoms with Gasteiger partial charge in [0.25, 0.3) is 0 Å². The highest BCUT2D eigenvalue weighted by molar-refractivity contribution is 5.83. The van der Waals surface area contributed by atoms with Crippen LogP contribution in [0.25, 0.3) is 22.3 Å². The highest BCUT2D eigenvalue weighted by Crippen LogP contribution is 2.25. The average Bonchev–Trinajstić information content (AvgIpc) is 3.10. The molecule has 5 nitrogen and oxygen atoms in total. The third-order valence-electron chi connectivity index (χ3n) is 3.94. The second kappa shape index (κ2) is 5.55. The monoisotopic (exact) mass is 339 g/mol. The van der Waals surface area contributed by atoms with E-state index in [-0.39, 0.29) is 27.9 Å². The number of pyridine rings is 1. The van der Waals surface area contributed by atoms with Gasteiger partial charge in [0.15, 0.2) is 11.2 Å². The van der Waals surface area contributed by atoms with Gasteiger partial charge < -0.3 is 14.2 Å². The van der Waals surface area contributed by atoms with Crippen molar-refractivity contribution >= 4 is 10.9 Å². The van der Waals surface area contributed by atoms with E-state index in [1.807, 2.05) is 0 Å². The van der Waals surface area contributed by atoms with Gasteiger partial charge in [0, 0.05) is 36.1 Å². The van der Waals surface area contributed by atoms with E-state index >= 15 is 0 Å². The Morgan fingerprint density at radius 3 is 2.48 bits per heavy atom. The fraction of sp³-hybridized carbons (Fsp3) is 0. The first-order valence-electron chi connectivity index (χ1n) is 7.37. The summed E-state index contributed by atoms with van der Waals surface area (Å²) in [6.45, 7) is 0. The number of imidazole rings is 1. The fourth-order valence-corrected chi connectivity index (χ4v) is 2.76. The van der Waals surface area contributed by atoms with Gasteiger partial charge in [0.2, 0.25) is 0 Å². The van der Waals surface area contributed by atoms with Crippen molar-refractivity contribution in [1.82, 2.24) is 14.1 Å². The average molecular weight is 339 g/mol. The minimum Gasteiger partial charge on any atom is -0.508 e. The Bertz CT molecular complexity index is 1150. The van der Waals surface area contributed by atoms with Crippen molar-refractivity contribution in [3.8, 4) is 17.1 Å². The van der Waals surface area contributed by atoms with E-state index in [1.165, 1.54) is 52.1 Å². The third kappa shape index (κ3) is 2.46. The van der Waals surface area contributed by atoms with Crippen LogP contribution in [0.2, 0.25) is 0 Å². The molecular formula is C18H11F2N3O2. The van der Waals surface area contributed by atoms with Gasteiger partial charge in [-0.2, -0.15) is 0 Å². The molecule has 7 heteroatoms. The molecule has 0 aliphatic carbocycles. The zero-order chi connectivity index (χ0) is 17.6. The molecule has 0 aliphatic heterocycles. The van der Waals surface area contributed by atoms with Crippen LogP contribution in [0.15, 0.2) is 66.1 Å². The smallest absolute Gasteiger partial charge is 0.189 e. The second-order valence-corrected chi connectivity index (χ2v) is 5.48. The lowest BCUT2D eigenvalue weighted by atomic mass is 10.1. The zero-order valence-electron chi connectivity index (χ0n) is 12.7. The zero-order valence-corrected chi connectivity index (χ0v) is 12.7. The van der Waals surface area contributed by atoms with Crippen LogP contribution in [0.4, 0.5) is 8.78 Å². The summed E-state index contributed by atoms with van der Waals surface area (Å²) in [6.07, 6.45) is 5.91. The third-order valence-corrected chi connectivity index (χ3v) is 3.94. The number of nitrogens with zero attached hydrogens (tertiary/aromatic N) is 3. The second-order valence-electron chi connectivity index (χ2n) is 5.48. The maximum atomic E-state index is 14.4. The van der Waals surface area contributed by atoms with Gasteiger partial charge >= 0.3 is 0 Å². The summed E-state index contributed by atoms with van der Waals surface area (Å²) in [5.74, 6) is -1.47. The normalized spacial score (nSPS) is 11.1. The molecule has 0 radical (unpaired) electrons. The van der Waals surface area contributed by atoms with Gasteiger partial charge in [-0.05, 0) is 24.3 Å². The van der Waals surface area contributed by atoms with Gasteiger partial charge in [0.05, 0.1) is 23.2 Å². The van der Waals surface area contributed by atoms with Crippen LogP contribution in [0.3, 0.4) is 0 Å². The number of aromatic hydroxyl groups is 1. The van der Waals surface area contributed by atoms with Crippen LogP contribution < -0.4 is 5.43 Å². The van der Waals surface area contributed by atoms with Crippen molar-refractivity contribution in [2.24, 2.45) is 0 Å². The fourth-order valence-electron chi connectivity index (χ4n) is 2.76. The molecule has 0 amide bonds. The van der Waals surface area contributed by atoms with E-state index in [9.17, 15) is 18.7 Å². The standard InChI is InChI=1S/C18H11F2N3O2/c19-13-7-11(24)1-2-15(13)23-5-3-18(25)12-8-14(20)17(9-16(12)23)22-6-4-21-10-22/h1-10,24H. The minimum atomic E-state index is -0.668. The number of rotatable bonds is 2. The molecule has 0 spiro atoms. The van der Waals surface area contributed by atoms with Crippen molar-refractivity contribution in [2.45, 2.75) is 0 Å². The summed E-state index contributed by atoms with van der Waals surface area (Å²) in [5, 5.41) is 9.51. The summed E-state index contributed by atoms with van der Waals surface area (Å²) >= 11 is 0. The molecule has 2 aromatic carbocycles. The molecule has 0 saturated heterocycles. The van der Waals surface area contributed by atoms with Crippen molar-refractivity contribution in [3.63, 3.8) is 0 Å². The molecule has 25 heavy (non-hydrogen) atoms. The van der Waals surface area contributed by atoms with Crippen molar-refractivity contribution < 1.29 is 13.9 Å². The molecule has 124 valence electrons. The van der Waals surface area contributed by atoms with E-state index in [4.69, 9.17) is 0 Å². The van der Waals surface area contributed by atoms with Crippen molar-refractivity contribution in [3.05, 3.63) is 83.2 Å². The Morgan fingerprint density at radius 2 is 1.76 bits per heavy atom. The number of hydrogen-bond donors (Lipinski definition) is 1. The first kappa shape index (κ1) is 15.1. The lowest BCUT2D eigenvalue weighted by Gasteiger charge is -2.14. The molecule has 2 aromatic heterocycles. The predicted molar refractivity (Wildman–Crippen MR) is 88.2 cm³/mol. The van der Waals surface area contributed by atoms with Crippen molar-refractivity contribution in [2.75, 3.05) is 0 Å².